The van der Waals surface area contributed by atoms with E-state index in [0.717, 1.165) is 0 Å². The molecule has 3 rings (SSSR count). The number of nitrogens with zero attached hydrogens (tertiary/aromatic N) is 1. The number of aryl methyl sites for hydroxylation is 2. The van der Waals surface area contributed by atoms with Gasteiger partial charge in [0.15, 0.2) is 5.57 Å². The molecule has 1 saturated heterocycles. The second-order valence-corrected chi connectivity index (χ2v) is 7.85. The molecule has 0 atom stereocenters. The highest BCUT2D eigenvalue weighted by Crippen LogP contribution is 2.34. The topological polar surface area (TPSA) is 130 Å². The summed E-state index contributed by atoms with van der Waals surface area (Å²) in [7, 11) is 2.47. The lowest BCUT2D eigenvalue weighted by Crippen LogP contribution is -2.42. The number of esters is 4. The maximum absolute atomic E-state index is 12.6. The van der Waals surface area contributed by atoms with Crippen molar-refractivity contribution in [1.82, 2.24) is 4.98 Å². The zero-order chi connectivity index (χ0) is 25.2. The molecular weight excluding hydrogens is 444 g/mol. The van der Waals surface area contributed by atoms with Crippen molar-refractivity contribution in [3.63, 3.8) is 0 Å². The van der Waals surface area contributed by atoms with E-state index in [1.807, 2.05) is 0 Å². The Bertz CT molecular complexity index is 1170. The average Bonchev–Trinajstić information content (AvgIpc) is 2.76. The van der Waals surface area contributed by atoms with Gasteiger partial charge in [-0.05, 0) is 31.5 Å². The van der Waals surface area contributed by atoms with E-state index in [0.29, 0.717) is 28.2 Å². The van der Waals surface area contributed by atoms with Gasteiger partial charge in [-0.2, -0.15) is 0 Å². The van der Waals surface area contributed by atoms with Crippen LogP contribution in [0, 0.1) is 13.8 Å². The fourth-order valence-electron chi connectivity index (χ4n) is 3.54. The Morgan fingerprint density at radius 3 is 2.00 bits per heavy atom. The molecule has 34 heavy (non-hydrogen) atoms. The molecule has 2 heterocycles. The average molecular weight is 468 g/mol. The lowest BCUT2D eigenvalue weighted by molar-refractivity contribution is -0.222. The molecule has 10 nitrogen and oxygen atoms in total. The monoisotopic (exact) mass is 468 g/mol. The van der Waals surface area contributed by atoms with Crippen molar-refractivity contribution in [2.24, 2.45) is 0 Å². The number of cyclic esters (lactones) is 2. The summed E-state index contributed by atoms with van der Waals surface area (Å²) in [5.41, 5.74) is 1.90. The summed E-state index contributed by atoms with van der Waals surface area (Å²) in [6, 6.07) is 6.66. The first-order valence-electron chi connectivity index (χ1n) is 10.2. The van der Waals surface area contributed by atoms with E-state index in [9.17, 15) is 19.2 Å². The second-order valence-electron chi connectivity index (χ2n) is 7.85. The molecule has 1 fully saturated rings. The Kier molecular flexibility index (Phi) is 6.71. The quantitative estimate of drug-likeness (QED) is 0.302. The van der Waals surface area contributed by atoms with Gasteiger partial charge in [-0.1, -0.05) is 12.1 Å². The standard InChI is InChI=1S/C24H24N2O8/c1-12-17(22(29)31-5)19(18(13(2)26-12)23(30)32-6)14-8-7-9-15(10-14)25-11-16-20(27)33-24(3,4)34-21(16)28/h7-11,25H,1-6H3. The van der Waals surface area contributed by atoms with Gasteiger partial charge in [-0.3, -0.25) is 4.98 Å². The van der Waals surface area contributed by atoms with E-state index in [4.69, 9.17) is 18.9 Å². The third kappa shape index (κ3) is 4.75. The number of benzene rings is 1. The van der Waals surface area contributed by atoms with Gasteiger partial charge in [0.1, 0.15) is 0 Å². The lowest BCUT2D eigenvalue weighted by Gasteiger charge is -2.29. The molecular formula is C24H24N2O8. The van der Waals surface area contributed by atoms with Gasteiger partial charge in [0.25, 0.3) is 5.79 Å². The largest absolute Gasteiger partial charge is 0.465 e. The maximum Gasteiger partial charge on any atom is 0.350 e. The van der Waals surface area contributed by atoms with Crippen LogP contribution >= 0.6 is 0 Å². The number of ether oxygens (including phenoxy) is 4. The van der Waals surface area contributed by atoms with Gasteiger partial charge in [0.2, 0.25) is 0 Å². The molecule has 0 saturated carbocycles. The van der Waals surface area contributed by atoms with E-state index < -0.39 is 29.7 Å². The number of methoxy groups -OCH3 is 2. The first-order chi connectivity index (χ1) is 16.0. The Morgan fingerprint density at radius 1 is 0.971 bits per heavy atom. The Labute approximate surface area is 195 Å². The molecule has 2 aromatic rings. The van der Waals surface area contributed by atoms with Crippen LogP contribution in [0.15, 0.2) is 36.0 Å². The third-order valence-electron chi connectivity index (χ3n) is 4.99. The third-order valence-corrected chi connectivity index (χ3v) is 4.99. The predicted octanol–water partition coefficient (Wildman–Crippen LogP) is 3.07. The normalized spacial score (nSPS) is 14.6. The fraction of sp³-hybridized carbons (Fsp3) is 0.292. The SMILES string of the molecule is COC(=O)c1c(C)nc(C)c(C(=O)OC)c1-c1cccc(NC=C2C(=O)OC(C)(C)OC2=O)c1. The highest BCUT2D eigenvalue weighted by molar-refractivity contribution is 6.15. The lowest BCUT2D eigenvalue weighted by atomic mass is 9.92. The molecule has 178 valence electrons. The summed E-state index contributed by atoms with van der Waals surface area (Å²) in [4.78, 5) is 53.9. The second kappa shape index (κ2) is 9.34. The summed E-state index contributed by atoms with van der Waals surface area (Å²) in [6.07, 6.45) is 1.17. The molecule has 1 aromatic carbocycles. The van der Waals surface area contributed by atoms with Crippen LogP contribution in [0.3, 0.4) is 0 Å². The molecule has 0 bridgehead atoms. The number of aromatic nitrogens is 1. The van der Waals surface area contributed by atoms with Crippen molar-refractivity contribution in [3.05, 3.63) is 58.6 Å². The first kappa shape index (κ1) is 24.4. The van der Waals surface area contributed by atoms with Crippen molar-refractivity contribution in [2.45, 2.75) is 33.5 Å². The van der Waals surface area contributed by atoms with Crippen molar-refractivity contribution in [1.29, 1.82) is 0 Å². The van der Waals surface area contributed by atoms with Crippen molar-refractivity contribution in [2.75, 3.05) is 19.5 Å². The maximum atomic E-state index is 12.6. The molecule has 0 unspecified atom stereocenters. The van der Waals surface area contributed by atoms with Gasteiger partial charge in [-0.25, -0.2) is 19.2 Å². The zero-order valence-corrected chi connectivity index (χ0v) is 19.6. The molecule has 0 amide bonds. The predicted molar refractivity (Wildman–Crippen MR) is 120 cm³/mol. The number of hydrogen-bond donors (Lipinski definition) is 1. The van der Waals surface area contributed by atoms with Crippen LogP contribution in [0.2, 0.25) is 0 Å². The highest BCUT2D eigenvalue weighted by Gasteiger charge is 2.39. The van der Waals surface area contributed by atoms with Crippen molar-refractivity contribution >= 4 is 29.6 Å². The fourth-order valence-corrected chi connectivity index (χ4v) is 3.54. The van der Waals surface area contributed by atoms with Crippen LogP contribution < -0.4 is 5.32 Å². The summed E-state index contributed by atoms with van der Waals surface area (Å²) in [6.45, 7) is 6.18. The molecule has 10 heteroatoms. The Balaban J connectivity index is 2.10. The van der Waals surface area contributed by atoms with E-state index in [2.05, 4.69) is 10.3 Å². The number of pyridine rings is 1. The van der Waals surface area contributed by atoms with Crippen molar-refractivity contribution in [3.8, 4) is 11.1 Å². The van der Waals surface area contributed by atoms with Crippen LogP contribution in [0.4, 0.5) is 5.69 Å². The molecule has 1 aliphatic rings. The molecule has 1 aliphatic heterocycles. The van der Waals surface area contributed by atoms with E-state index >= 15 is 0 Å². The summed E-state index contributed by atoms with van der Waals surface area (Å²) in [5.74, 6) is -4.34. The van der Waals surface area contributed by atoms with E-state index in [1.165, 1.54) is 34.3 Å². The number of nitrogens with one attached hydrogen (secondary N) is 1. The van der Waals surface area contributed by atoms with Gasteiger partial charge in [0, 0.05) is 31.3 Å². The molecule has 1 aromatic heterocycles. The minimum atomic E-state index is -1.35. The van der Waals surface area contributed by atoms with Crippen LogP contribution in [-0.4, -0.2) is 48.9 Å². The van der Waals surface area contributed by atoms with Gasteiger partial charge in [0.05, 0.1) is 36.7 Å². The van der Waals surface area contributed by atoms with E-state index in [1.54, 1.807) is 38.1 Å². The van der Waals surface area contributed by atoms with Crippen LogP contribution in [0.25, 0.3) is 11.1 Å². The zero-order valence-electron chi connectivity index (χ0n) is 19.6. The van der Waals surface area contributed by atoms with Gasteiger partial charge >= 0.3 is 23.9 Å². The Hall–Kier alpha value is -4.21. The Morgan fingerprint density at radius 2 is 1.50 bits per heavy atom. The number of carbonyl (C=O) groups is 4. The van der Waals surface area contributed by atoms with Crippen LogP contribution in [0.5, 0.6) is 0 Å². The minimum absolute atomic E-state index is 0.116. The molecule has 1 N–H and O–H groups in total. The molecule has 0 spiro atoms. The summed E-state index contributed by atoms with van der Waals surface area (Å²) < 4.78 is 20.0. The van der Waals surface area contributed by atoms with Crippen LogP contribution in [0.1, 0.15) is 46.0 Å². The number of carbonyl (C=O) groups excluding carboxylic acids is 4. The van der Waals surface area contributed by atoms with E-state index in [-0.39, 0.29) is 16.7 Å². The minimum Gasteiger partial charge on any atom is -0.465 e. The number of rotatable bonds is 5. The smallest absolute Gasteiger partial charge is 0.350 e. The van der Waals surface area contributed by atoms with Gasteiger partial charge < -0.3 is 24.3 Å². The van der Waals surface area contributed by atoms with Crippen molar-refractivity contribution < 1.29 is 38.1 Å². The number of anilines is 1. The van der Waals surface area contributed by atoms with Gasteiger partial charge in [-0.15, -0.1) is 0 Å². The summed E-state index contributed by atoms with van der Waals surface area (Å²) in [5, 5.41) is 2.86. The first-order valence-corrected chi connectivity index (χ1v) is 10.2. The molecule has 0 radical (unpaired) electrons. The highest BCUT2D eigenvalue weighted by atomic mass is 16.7. The summed E-state index contributed by atoms with van der Waals surface area (Å²) >= 11 is 0. The molecule has 0 aliphatic carbocycles. The van der Waals surface area contributed by atoms with Crippen LogP contribution in [-0.2, 0) is 28.5 Å². The number of hydrogen-bond acceptors (Lipinski definition) is 10.